The van der Waals surface area contributed by atoms with Crippen molar-refractivity contribution in [3.8, 4) is 0 Å². The Hall–Kier alpha value is -1.97. The van der Waals surface area contributed by atoms with Gasteiger partial charge in [0, 0.05) is 19.5 Å². The first-order valence-electron chi connectivity index (χ1n) is 7.32. The van der Waals surface area contributed by atoms with Crippen molar-refractivity contribution in [3.05, 3.63) is 47.5 Å². The number of anilines is 1. The first-order valence-corrected chi connectivity index (χ1v) is 7.32. The van der Waals surface area contributed by atoms with Crippen LogP contribution in [0.5, 0.6) is 0 Å². The molecule has 0 radical (unpaired) electrons. The minimum absolute atomic E-state index is 0.769. The van der Waals surface area contributed by atoms with Crippen molar-refractivity contribution in [1.82, 2.24) is 15.0 Å². The van der Waals surface area contributed by atoms with Crippen LogP contribution in [0.3, 0.4) is 0 Å². The lowest BCUT2D eigenvalue weighted by Crippen LogP contribution is -2.31. The van der Waals surface area contributed by atoms with E-state index in [-0.39, 0.29) is 0 Å². The molecule has 3 rings (SSSR count). The van der Waals surface area contributed by atoms with Crippen LogP contribution >= 0.6 is 0 Å². The summed E-state index contributed by atoms with van der Waals surface area (Å²) in [5.74, 6) is 2.53. The van der Waals surface area contributed by atoms with Crippen molar-refractivity contribution in [2.45, 2.75) is 32.6 Å². The van der Waals surface area contributed by atoms with Crippen LogP contribution in [-0.4, -0.2) is 28.0 Å². The highest BCUT2D eigenvalue weighted by atomic mass is 15.3. The van der Waals surface area contributed by atoms with E-state index in [0.717, 1.165) is 37.1 Å². The van der Waals surface area contributed by atoms with Crippen LogP contribution in [0.25, 0.3) is 0 Å². The van der Waals surface area contributed by atoms with E-state index in [2.05, 4.69) is 44.1 Å². The molecule has 4 nitrogen and oxygen atoms in total. The monoisotopic (exact) mass is 268 g/mol. The van der Waals surface area contributed by atoms with Crippen molar-refractivity contribution in [2.75, 3.05) is 18.0 Å². The van der Waals surface area contributed by atoms with Crippen molar-refractivity contribution in [1.29, 1.82) is 0 Å². The van der Waals surface area contributed by atoms with Crippen LogP contribution in [-0.2, 0) is 6.42 Å². The second kappa shape index (κ2) is 5.99. The van der Waals surface area contributed by atoms with E-state index >= 15 is 0 Å². The minimum Gasteiger partial charge on any atom is -0.341 e. The smallest absolute Gasteiger partial charge is 0.228 e. The van der Waals surface area contributed by atoms with Crippen LogP contribution < -0.4 is 4.90 Å². The lowest BCUT2D eigenvalue weighted by atomic mass is 10.1. The number of piperidine rings is 1. The summed E-state index contributed by atoms with van der Waals surface area (Å²) in [6.45, 7) is 4.08. The van der Waals surface area contributed by atoms with Gasteiger partial charge < -0.3 is 4.90 Å². The van der Waals surface area contributed by atoms with Gasteiger partial charge in [-0.05, 0) is 31.7 Å². The van der Waals surface area contributed by atoms with Gasteiger partial charge >= 0.3 is 0 Å². The molecule has 1 aromatic heterocycles. The molecule has 0 unspecified atom stereocenters. The number of nitrogens with zero attached hydrogens (tertiary/aromatic N) is 4. The summed E-state index contributed by atoms with van der Waals surface area (Å²) in [5, 5.41) is 0. The third-order valence-corrected chi connectivity index (χ3v) is 3.63. The normalized spacial score (nSPS) is 15.3. The maximum absolute atomic E-state index is 4.66. The molecule has 1 aliphatic rings. The van der Waals surface area contributed by atoms with Crippen molar-refractivity contribution >= 4 is 5.95 Å². The average Bonchev–Trinajstić information content (AvgIpc) is 2.49. The lowest BCUT2D eigenvalue weighted by Gasteiger charge is -2.26. The predicted octanol–water partition coefficient (Wildman–Crippen LogP) is 2.76. The fraction of sp³-hybridized carbons (Fsp3) is 0.438. The number of hydrogen-bond donors (Lipinski definition) is 0. The molecule has 1 aliphatic heterocycles. The highest BCUT2D eigenvalue weighted by Crippen LogP contribution is 2.16. The Bertz CT molecular complexity index is 562. The highest BCUT2D eigenvalue weighted by Gasteiger charge is 2.15. The highest BCUT2D eigenvalue weighted by molar-refractivity contribution is 5.31. The van der Waals surface area contributed by atoms with Gasteiger partial charge in [-0.1, -0.05) is 30.3 Å². The van der Waals surface area contributed by atoms with Gasteiger partial charge in [0.2, 0.25) is 5.95 Å². The quantitative estimate of drug-likeness (QED) is 0.858. The Morgan fingerprint density at radius 1 is 0.950 bits per heavy atom. The van der Waals surface area contributed by atoms with Gasteiger partial charge in [0.05, 0.1) is 0 Å². The maximum atomic E-state index is 4.66. The molecule has 1 fully saturated rings. The Kier molecular flexibility index (Phi) is 3.90. The zero-order chi connectivity index (χ0) is 13.8. The molecule has 2 aromatic rings. The first kappa shape index (κ1) is 13.0. The number of rotatable bonds is 3. The predicted molar refractivity (Wildman–Crippen MR) is 79.9 cm³/mol. The topological polar surface area (TPSA) is 41.9 Å². The number of aromatic nitrogens is 3. The average molecular weight is 268 g/mol. The van der Waals surface area contributed by atoms with Crippen molar-refractivity contribution in [3.63, 3.8) is 0 Å². The summed E-state index contributed by atoms with van der Waals surface area (Å²) in [4.78, 5) is 15.9. The van der Waals surface area contributed by atoms with E-state index in [1.165, 1.54) is 24.8 Å². The Morgan fingerprint density at radius 2 is 1.70 bits per heavy atom. The molecule has 0 atom stereocenters. The molecule has 20 heavy (non-hydrogen) atoms. The van der Waals surface area contributed by atoms with Crippen LogP contribution in [0.2, 0.25) is 0 Å². The molecule has 0 amide bonds. The second-order valence-electron chi connectivity index (χ2n) is 5.31. The summed E-state index contributed by atoms with van der Waals surface area (Å²) in [6.07, 6.45) is 4.56. The van der Waals surface area contributed by atoms with E-state index in [4.69, 9.17) is 0 Å². The molecular weight excluding hydrogens is 248 g/mol. The Morgan fingerprint density at radius 3 is 2.45 bits per heavy atom. The molecule has 4 heteroatoms. The van der Waals surface area contributed by atoms with E-state index < -0.39 is 0 Å². The van der Waals surface area contributed by atoms with Crippen LogP contribution in [0.15, 0.2) is 30.3 Å². The molecule has 1 aromatic carbocycles. The zero-order valence-corrected chi connectivity index (χ0v) is 11.9. The summed E-state index contributed by atoms with van der Waals surface area (Å²) >= 11 is 0. The molecule has 0 N–H and O–H groups in total. The third-order valence-electron chi connectivity index (χ3n) is 3.63. The lowest BCUT2D eigenvalue weighted by molar-refractivity contribution is 0.565. The Labute approximate surface area is 119 Å². The number of benzene rings is 1. The zero-order valence-electron chi connectivity index (χ0n) is 11.9. The summed E-state index contributed by atoms with van der Waals surface area (Å²) in [5.41, 5.74) is 1.24. The van der Waals surface area contributed by atoms with E-state index in [0.29, 0.717) is 0 Å². The van der Waals surface area contributed by atoms with Crippen LogP contribution in [0.4, 0.5) is 5.95 Å². The van der Waals surface area contributed by atoms with Crippen molar-refractivity contribution in [2.24, 2.45) is 0 Å². The fourth-order valence-electron chi connectivity index (χ4n) is 2.61. The van der Waals surface area contributed by atoms with E-state index in [9.17, 15) is 0 Å². The summed E-state index contributed by atoms with van der Waals surface area (Å²) in [6, 6.07) is 10.4. The van der Waals surface area contributed by atoms with Gasteiger partial charge in [-0.25, -0.2) is 4.98 Å². The largest absolute Gasteiger partial charge is 0.341 e. The summed E-state index contributed by atoms with van der Waals surface area (Å²) < 4.78 is 0. The standard InChI is InChI=1S/C16H20N4/c1-13-17-15(12-14-8-4-2-5-9-14)19-16(18-13)20-10-6-3-7-11-20/h2,4-5,8-9H,3,6-7,10-12H2,1H3. The fourth-order valence-corrected chi connectivity index (χ4v) is 2.61. The van der Waals surface area contributed by atoms with Gasteiger partial charge in [-0.2, -0.15) is 9.97 Å². The molecular formula is C16H20N4. The van der Waals surface area contributed by atoms with Gasteiger partial charge in [-0.15, -0.1) is 0 Å². The molecule has 2 heterocycles. The SMILES string of the molecule is Cc1nc(Cc2ccccc2)nc(N2CCCCC2)n1. The molecule has 0 bridgehead atoms. The van der Waals surface area contributed by atoms with Gasteiger partial charge in [0.1, 0.15) is 11.6 Å². The second-order valence-corrected chi connectivity index (χ2v) is 5.31. The molecule has 1 saturated heterocycles. The molecule has 0 saturated carbocycles. The van der Waals surface area contributed by atoms with Gasteiger partial charge in [-0.3, -0.25) is 0 Å². The summed E-state index contributed by atoms with van der Waals surface area (Å²) in [7, 11) is 0. The molecule has 0 spiro atoms. The molecule has 0 aliphatic carbocycles. The number of aryl methyl sites for hydroxylation is 1. The first-order chi connectivity index (χ1) is 9.81. The number of hydrogen-bond acceptors (Lipinski definition) is 4. The Balaban J connectivity index is 1.82. The van der Waals surface area contributed by atoms with Crippen molar-refractivity contribution < 1.29 is 0 Å². The third kappa shape index (κ3) is 3.13. The minimum atomic E-state index is 0.769. The maximum Gasteiger partial charge on any atom is 0.228 e. The van der Waals surface area contributed by atoms with Crippen LogP contribution in [0, 0.1) is 6.92 Å². The van der Waals surface area contributed by atoms with Crippen LogP contribution in [0.1, 0.15) is 36.5 Å². The molecule has 104 valence electrons. The van der Waals surface area contributed by atoms with E-state index in [1.54, 1.807) is 0 Å². The van der Waals surface area contributed by atoms with Gasteiger partial charge in [0.25, 0.3) is 0 Å². The van der Waals surface area contributed by atoms with E-state index in [1.807, 2.05) is 13.0 Å². The van der Waals surface area contributed by atoms with Gasteiger partial charge in [0.15, 0.2) is 0 Å².